The van der Waals surface area contributed by atoms with E-state index < -0.39 is 0 Å². The molecule has 3 aromatic rings. The van der Waals surface area contributed by atoms with Gasteiger partial charge in [-0.15, -0.1) is 0 Å². The van der Waals surface area contributed by atoms with E-state index >= 15 is 0 Å². The van der Waals surface area contributed by atoms with Gasteiger partial charge in [0.25, 0.3) is 0 Å². The van der Waals surface area contributed by atoms with E-state index in [9.17, 15) is 0 Å². The molecule has 37 heavy (non-hydrogen) atoms. The maximum Gasteiger partial charge on any atom is 0.0240 e. The summed E-state index contributed by atoms with van der Waals surface area (Å²) in [6.07, 6.45) is 3.70. The molecule has 0 bridgehead atoms. The van der Waals surface area contributed by atoms with E-state index in [2.05, 4.69) is 101 Å². The van der Waals surface area contributed by atoms with Crippen LogP contribution in [0.2, 0.25) is 0 Å². The highest BCUT2D eigenvalue weighted by atomic mass is 15.1. The van der Waals surface area contributed by atoms with Gasteiger partial charge in [-0.05, 0) is 105 Å². The van der Waals surface area contributed by atoms with Crippen LogP contribution in [0, 0.1) is 17.8 Å². The quantitative estimate of drug-likeness (QED) is 0.333. The van der Waals surface area contributed by atoms with Crippen molar-refractivity contribution in [2.75, 3.05) is 0 Å². The molecular formula is C36H45N. The highest BCUT2D eigenvalue weighted by molar-refractivity contribution is 5.41. The first-order valence-electron chi connectivity index (χ1n) is 14.8. The van der Waals surface area contributed by atoms with Crippen LogP contribution in [0.15, 0.2) is 54.6 Å². The minimum absolute atomic E-state index is 0.670. The maximum atomic E-state index is 2.68. The molecule has 194 valence electrons. The van der Waals surface area contributed by atoms with Gasteiger partial charge in [0, 0.05) is 19.6 Å². The molecular weight excluding hydrogens is 446 g/mol. The summed E-state index contributed by atoms with van der Waals surface area (Å²) in [6.45, 7) is 17.5. The Morgan fingerprint density at radius 1 is 0.486 bits per heavy atom. The highest BCUT2D eigenvalue weighted by Crippen LogP contribution is 2.40. The lowest BCUT2D eigenvalue weighted by molar-refractivity contribution is 0.247. The summed E-state index contributed by atoms with van der Waals surface area (Å²) in [5.41, 5.74) is 13.9. The van der Waals surface area contributed by atoms with Crippen molar-refractivity contribution >= 4 is 0 Å². The molecule has 0 unspecified atom stereocenters. The Labute approximate surface area is 225 Å². The van der Waals surface area contributed by atoms with E-state index in [-0.39, 0.29) is 0 Å². The molecule has 1 heteroatoms. The summed E-state index contributed by atoms with van der Waals surface area (Å²) in [6, 6.07) is 22.0. The number of hydrogen-bond acceptors (Lipinski definition) is 1. The number of rotatable bonds is 6. The molecule has 6 rings (SSSR count). The molecule has 6 atom stereocenters. The molecule has 0 aromatic heterocycles. The van der Waals surface area contributed by atoms with Crippen LogP contribution in [0.5, 0.6) is 0 Å². The van der Waals surface area contributed by atoms with Gasteiger partial charge in [0.15, 0.2) is 0 Å². The van der Waals surface area contributed by atoms with Gasteiger partial charge >= 0.3 is 0 Å². The average molecular weight is 492 g/mol. The van der Waals surface area contributed by atoms with Gasteiger partial charge in [-0.3, -0.25) is 4.90 Å². The molecule has 0 fully saturated rings. The Hall–Kier alpha value is -2.38. The zero-order chi connectivity index (χ0) is 25.8. The van der Waals surface area contributed by atoms with Crippen molar-refractivity contribution in [3.8, 4) is 0 Å². The SMILES string of the molecule is C[C@@H]1Cc2ccc(CN(Cc3ccc4c(c3)[C@@H](C)[C@@H](C)C4)Cc3ccc4c(c3)[C@@H](C)[C@@H](C)C4)cc2[C@@H]1C. The van der Waals surface area contributed by atoms with Crippen molar-refractivity contribution in [2.45, 2.75) is 98.2 Å². The van der Waals surface area contributed by atoms with Gasteiger partial charge in [-0.2, -0.15) is 0 Å². The maximum absolute atomic E-state index is 2.68. The average Bonchev–Trinajstić information content (AvgIpc) is 3.44. The van der Waals surface area contributed by atoms with E-state index in [1.807, 2.05) is 0 Å². The summed E-state index contributed by atoms with van der Waals surface area (Å²) in [7, 11) is 0. The third kappa shape index (κ3) is 4.69. The van der Waals surface area contributed by atoms with Gasteiger partial charge < -0.3 is 0 Å². The largest absolute Gasteiger partial charge is 0.291 e. The van der Waals surface area contributed by atoms with Crippen molar-refractivity contribution in [3.63, 3.8) is 0 Å². The Bertz CT molecular complexity index is 1140. The van der Waals surface area contributed by atoms with E-state index in [1.165, 1.54) is 36.0 Å². The van der Waals surface area contributed by atoms with Crippen molar-refractivity contribution in [2.24, 2.45) is 17.8 Å². The van der Waals surface area contributed by atoms with Gasteiger partial charge in [0.2, 0.25) is 0 Å². The molecule has 0 aliphatic heterocycles. The number of fused-ring (bicyclic) bond motifs is 3. The molecule has 0 spiro atoms. The van der Waals surface area contributed by atoms with Crippen LogP contribution in [-0.2, 0) is 38.9 Å². The first-order valence-corrected chi connectivity index (χ1v) is 14.8. The second-order valence-electron chi connectivity index (χ2n) is 13.2. The molecule has 0 saturated carbocycles. The van der Waals surface area contributed by atoms with Crippen LogP contribution in [0.1, 0.15) is 109 Å². The van der Waals surface area contributed by atoms with E-state index in [0.29, 0.717) is 17.8 Å². The number of benzene rings is 3. The van der Waals surface area contributed by atoms with Crippen LogP contribution in [0.3, 0.4) is 0 Å². The molecule has 0 saturated heterocycles. The number of nitrogens with zero attached hydrogens (tertiary/aromatic N) is 1. The fourth-order valence-corrected chi connectivity index (χ4v) is 7.49. The molecule has 0 amide bonds. The van der Waals surface area contributed by atoms with Crippen LogP contribution < -0.4 is 0 Å². The van der Waals surface area contributed by atoms with E-state index in [1.54, 1.807) is 33.4 Å². The van der Waals surface area contributed by atoms with Crippen molar-refractivity contribution in [1.82, 2.24) is 4.90 Å². The molecule has 3 aliphatic carbocycles. The lowest BCUT2D eigenvalue weighted by Crippen LogP contribution is -2.23. The van der Waals surface area contributed by atoms with E-state index in [0.717, 1.165) is 37.4 Å². The normalized spacial score (nSPS) is 28.0. The zero-order valence-electron chi connectivity index (χ0n) is 23.9. The fraction of sp³-hybridized carbons (Fsp3) is 0.500. The van der Waals surface area contributed by atoms with Crippen molar-refractivity contribution in [1.29, 1.82) is 0 Å². The van der Waals surface area contributed by atoms with Crippen LogP contribution in [-0.4, -0.2) is 4.90 Å². The van der Waals surface area contributed by atoms with Crippen LogP contribution in [0.4, 0.5) is 0 Å². The third-order valence-electron chi connectivity index (χ3n) is 10.5. The van der Waals surface area contributed by atoms with Gasteiger partial charge in [0.1, 0.15) is 0 Å². The second-order valence-corrected chi connectivity index (χ2v) is 13.2. The summed E-state index contributed by atoms with van der Waals surface area (Å²) < 4.78 is 0. The third-order valence-corrected chi connectivity index (χ3v) is 10.5. The molecule has 3 aromatic carbocycles. The van der Waals surface area contributed by atoms with Crippen LogP contribution >= 0.6 is 0 Å². The first kappa shape index (κ1) is 24.9. The molecule has 1 nitrogen and oxygen atoms in total. The van der Waals surface area contributed by atoms with Crippen LogP contribution in [0.25, 0.3) is 0 Å². The summed E-state index contributed by atoms with van der Waals surface area (Å²) >= 11 is 0. The monoisotopic (exact) mass is 491 g/mol. The Kier molecular flexibility index (Phi) is 6.56. The highest BCUT2D eigenvalue weighted by Gasteiger charge is 2.28. The summed E-state index contributed by atoms with van der Waals surface area (Å²) in [4.78, 5) is 2.68. The van der Waals surface area contributed by atoms with Crippen molar-refractivity contribution in [3.05, 3.63) is 105 Å². The topological polar surface area (TPSA) is 3.24 Å². The Balaban J connectivity index is 1.28. The summed E-state index contributed by atoms with van der Waals surface area (Å²) in [5.74, 6) is 4.28. The standard InChI is InChI=1S/C36H45N/c1-22-13-31-10-7-28(16-34(31)25(22)4)19-37(20-29-8-11-32-14-23(2)26(5)35(32)17-29)21-30-9-12-33-15-24(3)27(6)36(33)18-30/h7-12,16-18,22-27H,13-15,19-21H2,1-6H3/t22-,23-,24+,25-,26-,27+/m0/s1. The van der Waals surface area contributed by atoms with Gasteiger partial charge in [-0.25, -0.2) is 0 Å². The number of hydrogen-bond donors (Lipinski definition) is 0. The molecule has 0 radical (unpaired) electrons. The minimum Gasteiger partial charge on any atom is -0.291 e. The zero-order valence-corrected chi connectivity index (χ0v) is 23.9. The summed E-state index contributed by atoms with van der Waals surface area (Å²) in [5, 5.41) is 0. The molecule has 3 aliphatic rings. The predicted octanol–water partition coefficient (Wildman–Crippen LogP) is 8.78. The lowest BCUT2D eigenvalue weighted by atomic mass is 9.95. The Morgan fingerprint density at radius 2 is 0.784 bits per heavy atom. The fourth-order valence-electron chi connectivity index (χ4n) is 7.49. The Morgan fingerprint density at radius 3 is 1.08 bits per heavy atom. The van der Waals surface area contributed by atoms with Gasteiger partial charge in [0.05, 0.1) is 0 Å². The first-order chi connectivity index (χ1) is 17.8. The van der Waals surface area contributed by atoms with Gasteiger partial charge in [-0.1, -0.05) is 96.1 Å². The molecule has 0 heterocycles. The minimum atomic E-state index is 0.670. The van der Waals surface area contributed by atoms with Crippen molar-refractivity contribution < 1.29 is 0 Å². The lowest BCUT2D eigenvalue weighted by Gasteiger charge is -2.25. The smallest absolute Gasteiger partial charge is 0.0240 e. The second kappa shape index (κ2) is 9.73. The molecule has 0 N–H and O–H groups in total. The predicted molar refractivity (Wildman–Crippen MR) is 156 cm³/mol. The van der Waals surface area contributed by atoms with E-state index in [4.69, 9.17) is 0 Å².